The Morgan fingerprint density at radius 3 is 2.28 bits per heavy atom. The number of aromatic nitrogens is 4. The van der Waals surface area contributed by atoms with E-state index < -0.39 is 10.5 Å². The molecule has 2 aromatic heterocycles. The number of rotatable bonds is 5. The Labute approximate surface area is 180 Å². The van der Waals surface area contributed by atoms with Crippen molar-refractivity contribution in [1.29, 1.82) is 0 Å². The highest BCUT2D eigenvalue weighted by molar-refractivity contribution is 5.97. The summed E-state index contributed by atoms with van der Waals surface area (Å²) in [6, 6.07) is 21.9. The summed E-state index contributed by atoms with van der Waals surface area (Å²) < 4.78 is 2.79. The van der Waals surface area contributed by atoms with Gasteiger partial charge in [0.1, 0.15) is 0 Å². The Morgan fingerprint density at radius 2 is 1.59 bits per heavy atom. The van der Waals surface area contributed by atoms with Crippen molar-refractivity contribution in [1.82, 2.24) is 19.2 Å². The van der Waals surface area contributed by atoms with Crippen LogP contribution in [0, 0.1) is 10.1 Å². The molecule has 0 unspecified atom stereocenters. The van der Waals surface area contributed by atoms with Crippen molar-refractivity contribution in [2.75, 3.05) is 0 Å². The topological polar surface area (TPSA) is 112 Å². The number of carbonyl (C=O) groups is 1. The van der Waals surface area contributed by atoms with Gasteiger partial charge in [0.05, 0.1) is 22.5 Å². The average Bonchev–Trinajstić information content (AvgIpc) is 3.28. The van der Waals surface area contributed by atoms with Crippen LogP contribution in [0.25, 0.3) is 28.1 Å². The quantitative estimate of drug-likeness (QED) is 0.242. The Balaban J connectivity index is 1.80. The highest BCUT2D eigenvalue weighted by atomic mass is 16.6. The van der Waals surface area contributed by atoms with Crippen LogP contribution < -0.4 is 5.56 Å². The van der Waals surface area contributed by atoms with Gasteiger partial charge < -0.3 is 0 Å². The molecule has 0 atom stereocenters. The zero-order valence-electron chi connectivity index (χ0n) is 16.6. The first-order valence-corrected chi connectivity index (χ1v) is 9.74. The number of non-ortho nitro benzene ring substituents is 1. The highest BCUT2D eigenvalue weighted by Crippen LogP contribution is 2.25. The average molecular weight is 425 g/mol. The predicted octanol–water partition coefficient (Wildman–Crippen LogP) is 3.50. The number of nitro benzene ring substituents is 1. The lowest BCUT2D eigenvalue weighted by Crippen LogP contribution is -2.27. The van der Waals surface area contributed by atoms with E-state index in [1.54, 1.807) is 30.3 Å². The van der Waals surface area contributed by atoms with Crippen LogP contribution in [0.2, 0.25) is 0 Å². The minimum Gasteiger partial charge on any atom is -0.296 e. The fourth-order valence-corrected chi connectivity index (χ4v) is 3.70. The van der Waals surface area contributed by atoms with Gasteiger partial charge in [-0.05, 0) is 6.07 Å². The maximum absolute atomic E-state index is 13.3. The van der Waals surface area contributed by atoms with Gasteiger partial charge in [0, 0.05) is 23.3 Å². The van der Waals surface area contributed by atoms with E-state index in [9.17, 15) is 19.7 Å². The number of nitrogens with zero attached hydrogens (tertiary/aromatic N) is 5. The van der Waals surface area contributed by atoms with E-state index in [2.05, 4.69) is 10.2 Å². The van der Waals surface area contributed by atoms with Crippen LogP contribution in [0.15, 0.2) is 83.7 Å². The van der Waals surface area contributed by atoms with E-state index in [0.717, 1.165) is 0 Å². The van der Waals surface area contributed by atoms with Crippen LogP contribution in [0.3, 0.4) is 0 Å². The molecule has 5 aromatic rings. The van der Waals surface area contributed by atoms with Crippen molar-refractivity contribution in [2.24, 2.45) is 0 Å². The summed E-state index contributed by atoms with van der Waals surface area (Å²) >= 11 is 0. The van der Waals surface area contributed by atoms with Gasteiger partial charge in [-0.3, -0.25) is 28.7 Å². The van der Waals surface area contributed by atoms with Crippen molar-refractivity contribution in [3.05, 3.63) is 105 Å². The molecule has 5 rings (SSSR count). The molecule has 2 heterocycles. The first kappa shape index (κ1) is 19.3. The second kappa shape index (κ2) is 7.55. The third kappa shape index (κ3) is 3.12. The maximum atomic E-state index is 13.3. The number of benzene rings is 3. The minimum absolute atomic E-state index is 0.0160. The van der Waals surface area contributed by atoms with Gasteiger partial charge in [0.15, 0.2) is 11.6 Å². The molecule has 0 aliphatic carbocycles. The van der Waals surface area contributed by atoms with Crippen LogP contribution in [-0.2, 0) is 6.54 Å². The van der Waals surface area contributed by atoms with E-state index in [0.29, 0.717) is 28.0 Å². The molecule has 32 heavy (non-hydrogen) atoms. The Bertz CT molecular complexity index is 1560. The fraction of sp³-hybridized carbons (Fsp3) is 0.0435. The van der Waals surface area contributed by atoms with E-state index in [4.69, 9.17) is 0 Å². The van der Waals surface area contributed by atoms with Gasteiger partial charge in [0.2, 0.25) is 5.65 Å². The number of Topliss-reactive ketones (excluding diaryl/α,β-unsaturated/α-hetero) is 1. The number of hydrogen-bond donors (Lipinski definition) is 0. The molecule has 0 N–H and O–H groups in total. The Hall–Kier alpha value is -4.66. The van der Waals surface area contributed by atoms with Gasteiger partial charge in [-0.2, -0.15) is 0 Å². The summed E-state index contributed by atoms with van der Waals surface area (Å²) in [5.74, 6) is 0.115. The molecule has 9 nitrogen and oxygen atoms in total. The lowest BCUT2D eigenvalue weighted by atomic mass is 10.1. The second-order valence-corrected chi connectivity index (χ2v) is 7.16. The van der Waals surface area contributed by atoms with Gasteiger partial charge in [-0.15, -0.1) is 10.2 Å². The lowest BCUT2D eigenvalue weighted by Gasteiger charge is -2.12. The molecule has 0 amide bonds. The van der Waals surface area contributed by atoms with E-state index >= 15 is 0 Å². The van der Waals surface area contributed by atoms with E-state index in [1.165, 1.54) is 27.2 Å². The first-order chi connectivity index (χ1) is 15.5. The standard InChI is InChI=1S/C23H15N5O4/c29-20(15-7-3-1-4-8-15)14-26-18-12-11-17(28(31)32)13-19(18)27-21(16-9-5-2-6-10-16)24-25-22(27)23(26)30/h1-13H,14H2. The smallest absolute Gasteiger partial charge is 0.296 e. The largest absolute Gasteiger partial charge is 0.297 e. The molecule has 0 fully saturated rings. The second-order valence-electron chi connectivity index (χ2n) is 7.16. The zero-order valence-corrected chi connectivity index (χ0v) is 16.6. The summed E-state index contributed by atoms with van der Waals surface area (Å²) in [7, 11) is 0. The molecule has 0 aliphatic rings. The van der Waals surface area contributed by atoms with Gasteiger partial charge in [0.25, 0.3) is 11.2 Å². The van der Waals surface area contributed by atoms with Gasteiger partial charge >= 0.3 is 0 Å². The highest BCUT2D eigenvalue weighted by Gasteiger charge is 2.21. The van der Waals surface area contributed by atoms with Gasteiger partial charge in [-0.1, -0.05) is 60.7 Å². The van der Waals surface area contributed by atoms with Crippen molar-refractivity contribution >= 4 is 28.2 Å². The molecule has 0 radical (unpaired) electrons. The van der Waals surface area contributed by atoms with E-state index in [-0.39, 0.29) is 23.7 Å². The monoisotopic (exact) mass is 425 g/mol. The van der Waals surface area contributed by atoms with Crippen molar-refractivity contribution in [3.63, 3.8) is 0 Å². The summed E-state index contributed by atoms with van der Waals surface area (Å²) in [6.45, 7) is -0.235. The van der Waals surface area contributed by atoms with Gasteiger partial charge in [-0.25, -0.2) is 0 Å². The van der Waals surface area contributed by atoms with Crippen LogP contribution in [0.4, 0.5) is 5.69 Å². The van der Waals surface area contributed by atoms with Crippen LogP contribution in [-0.4, -0.2) is 29.9 Å². The zero-order chi connectivity index (χ0) is 22.2. The molecule has 0 bridgehead atoms. The SMILES string of the molecule is O=C(Cn1c(=O)c2nnc(-c3ccccc3)n2c2cc([N+](=O)[O-])ccc21)c1ccccc1. The minimum atomic E-state index is -0.512. The van der Waals surface area contributed by atoms with Crippen LogP contribution in [0.1, 0.15) is 10.4 Å². The first-order valence-electron chi connectivity index (χ1n) is 9.74. The van der Waals surface area contributed by atoms with Crippen molar-refractivity contribution in [2.45, 2.75) is 6.54 Å². The summed E-state index contributed by atoms with van der Waals surface area (Å²) in [6.07, 6.45) is 0. The number of hydrogen-bond acceptors (Lipinski definition) is 6. The molecule has 9 heteroatoms. The molecular weight excluding hydrogens is 410 g/mol. The number of nitro groups is 1. The fourth-order valence-electron chi connectivity index (χ4n) is 3.70. The number of ketones is 1. The van der Waals surface area contributed by atoms with Crippen molar-refractivity contribution in [3.8, 4) is 11.4 Å². The molecule has 0 saturated carbocycles. The normalized spacial score (nSPS) is 11.1. The summed E-state index contributed by atoms with van der Waals surface area (Å²) in [5.41, 5.74) is 1.22. The molecule has 0 spiro atoms. The maximum Gasteiger partial charge on any atom is 0.297 e. The predicted molar refractivity (Wildman–Crippen MR) is 118 cm³/mol. The molecular formula is C23H15N5O4. The van der Waals surface area contributed by atoms with Crippen LogP contribution in [0.5, 0.6) is 0 Å². The Kier molecular flexibility index (Phi) is 4.55. The van der Waals surface area contributed by atoms with Crippen molar-refractivity contribution < 1.29 is 9.72 Å². The third-order valence-electron chi connectivity index (χ3n) is 5.23. The molecule has 0 aliphatic heterocycles. The molecule has 156 valence electrons. The summed E-state index contributed by atoms with van der Waals surface area (Å²) in [5, 5.41) is 19.7. The molecule has 3 aromatic carbocycles. The Morgan fingerprint density at radius 1 is 0.906 bits per heavy atom. The number of carbonyl (C=O) groups excluding carboxylic acids is 1. The summed E-state index contributed by atoms with van der Waals surface area (Å²) in [4.78, 5) is 37.1. The number of fused-ring (bicyclic) bond motifs is 3. The molecule has 0 saturated heterocycles. The lowest BCUT2D eigenvalue weighted by molar-refractivity contribution is -0.384. The van der Waals surface area contributed by atoms with E-state index in [1.807, 2.05) is 30.3 Å². The van der Waals surface area contributed by atoms with Crippen LogP contribution >= 0.6 is 0 Å². The third-order valence-corrected chi connectivity index (χ3v) is 5.23.